The van der Waals surface area contributed by atoms with Crippen LogP contribution in [0.3, 0.4) is 0 Å². The van der Waals surface area contributed by atoms with Crippen molar-refractivity contribution in [3.05, 3.63) is 99.9 Å². The Bertz CT molecular complexity index is 1440. The van der Waals surface area contributed by atoms with E-state index in [1.807, 2.05) is 65.2 Å². The molecule has 2 N–H and O–H groups in total. The van der Waals surface area contributed by atoms with Gasteiger partial charge in [-0.05, 0) is 29.8 Å². The van der Waals surface area contributed by atoms with Gasteiger partial charge in [-0.1, -0.05) is 76.1 Å². The first-order valence-corrected chi connectivity index (χ1v) is 11.1. The van der Waals surface area contributed by atoms with Crippen LogP contribution in [0.25, 0.3) is 33.4 Å². The maximum Gasteiger partial charge on any atom is 0.353 e. The first-order chi connectivity index (χ1) is 15.5. The molecule has 0 radical (unpaired) electrons. The number of carbonyl (C=O) groups is 1. The normalized spacial score (nSPS) is 11.2. The standard InChI is InChI=1S/C25H17BrClN3O2/c26-17-8-6-15(7-9-17)13-30-14-28-22(16-4-2-1-3-5-16)24(30)21-19-11-10-18(27)12-20(19)29-23(21)25(31)32/h1-12,14,29H,13H2,(H,31,32). The number of imidazole rings is 1. The Labute approximate surface area is 197 Å². The largest absolute Gasteiger partial charge is 0.477 e. The molecule has 32 heavy (non-hydrogen) atoms. The number of H-pyrrole nitrogens is 1. The summed E-state index contributed by atoms with van der Waals surface area (Å²) in [4.78, 5) is 20.0. The molecule has 7 heteroatoms. The van der Waals surface area contributed by atoms with Crippen LogP contribution < -0.4 is 0 Å². The predicted octanol–water partition coefficient (Wildman–Crippen LogP) is 6.86. The van der Waals surface area contributed by atoms with Gasteiger partial charge in [-0.25, -0.2) is 9.78 Å². The molecule has 0 unspecified atom stereocenters. The summed E-state index contributed by atoms with van der Waals surface area (Å²) < 4.78 is 2.99. The number of carboxylic acids is 1. The number of nitrogens with zero attached hydrogens (tertiary/aromatic N) is 2. The summed E-state index contributed by atoms with van der Waals surface area (Å²) >= 11 is 9.65. The lowest BCUT2D eigenvalue weighted by atomic mass is 10.0. The second kappa shape index (κ2) is 8.30. The number of rotatable bonds is 5. The zero-order valence-corrected chi connectivity index (χ0v) is 19.1. The molecule has 0 spiro atoms. The highest BCUT2D eigenvalue weighted by Gasteiger charge is 2.25. The molecular formula is C25H17BrClN3O2. The number of aromatic amines is 1. The second-order valence-electron chi connectivity index (χ2n) is 7.43. The van der Waals surface area contributed by atoms with Gasteiger partial charge in [0.25, 0.3) is 0 Å². The Kier molecular flexibility index (Phi) is 5.33. The third-order valence-corrected chi connectivity index (χ3v) is 6.13. The van der Waals surface area contributed by atoms with Crippen LogP contribution >= 0.6 is 27.5 Å². The van der Waals surface area contributed by atoms with E-state index in [0.717, 1.165) is 32.4 Å². The van der Waals surface area contributed by atoms with Gasteiger partial charge in [0.15, 0.2) is 0 Å². The van der Waals surface area contributed by atoms with Crippen molar-refractivity contribution in [3.8, 4) is 22.5 Å². The molecule has 0 amide bonds. The molecule has 0 bridgehead atoms. The van der Waals surface area contributed by atoms with Gasteiger partial charge in [0.05, 0.1) is 17.7 Å². The van der Waals surface area contributed by atoms with E-state index < -0.39 is 5.97 Å². The molecule has 0 saturated carbocycles. The third kappa shape index (κ3) is 3.72. The molecule has 158 valence electrons. The van der Waals surface area contributed by atoms with Crippen LogP contribution in [0.1, 0.15) is 16.1 Å². The van der Waals surface area contributed by atoms with E-state index in [1.165, 1.54) is 0 Å². The first kappa shape index (κ1) is 20.5. The van der Waals surface area contributed by atoms with Gasteiger partial charge in [-0.3, -0.25) is 0 Å². The Morgan fingerprint density at radius 3 is 2.53 bits per heavy atom. The monoisotopic (exact) mass is 505 g/mol. The molecule has 0 atom stereocenters. The average molecular weight is 507 g/mol. The minimum Gasteiger partial charge on any atom is -0.477 e. The van der Waals surface area contributed by atoms with Gasteiger partial charge < -0.3 is 14.7 Å². The number of hydrogen-bond acceptors (Lipinski definition) is 2. The fourth-order valence-electron chi connectivity index (χ4n) is 3.93. The number of hydrogen-bond donors (Lipinski definition) is 2. The summed E-state index contributed by atoms with van der Waals surface area (Å²) in [5, 5.41) is 11.3. The molecule has 0 saturated heterocycles. The van der Waals surface area contributed by atoms with Crippen molar-refractivity contribution < 1.29 is 9.90 Å². The lowest BCUT2D eigenvalue weighted by molar-refractivity contribution is 0.0692. The van der Waals surface area contributed by atoms with Crippen molar-refractivity contribution in [2.24, 2.45) is 0 Å². The van der Waals surface area contributed by atoms with Crippen LogP contribution in [-0.2, 0) is 6.54 Å². The zero-order valence-electron chi connectivity index (χ0n) is 16.7. The second-order valence-corrected chi connectivity index (χ2v) is 8.78. The van der Waals surface area contributed by atoms with Gasteiger partial charge in [0, 0.05) is 38.1 Å². The van der Waals surface area contributed by atoms with Crippen LogP contribution in [0, 0.1) is 0 Å². The minimum absolute atomic E-state index is 0.108. The van der Waals surface area contributed by atoms with Crippen molar-refractivity contribution in [2.45, 2.75) is 6.54 Å². The van der Waals surface area contributed by atoms with E-state index in [0.29, 0.717) is 22.6 Å². The minimum atomic E-state index is -1.04. The maximum atomic E-state index is 12.2. The van der Waals surface area contributed by atoms with Crippen molar-refractivity contribution >= 4 is 44.4 Å². The lowest BCUT2D eigenvalue weighted by Crippen LogP contribution is -2.05. The topological polar surface area (TPSA) is 70.9 Å². The molecule has 5 nitrogen and oxygen atoms in total. The van der Waals surface area contributed by atoms with Crippen molar-refractivity contribution in [1.82, 2.24) is 14.5 Å². The van der Waals surface area contributed by atoms with E-state index in [2.05, 4.69) is 20.9 Å². The number of halogens is 2. The molecule has 0 aliphatic heterocycles. The van der Waals surface area contributed by atoms with Crippen molar-refractivity contribution in [3.63, 3.8) is 0 Å². The van der Waals surface area contributed by atoms with Crippen molar-refractivity contribution in [1.29, 1.82) is 0 Å². The summed E-state index contributed by atoms with van der Waals surface area (Å²) in [5.41, 5.74) is 4.82. The molecule has 2 aromatic heterocycles. The van der Waals surface area contributed by atoms with E-state index in [-0.39, 0.29) is 5.69 Å². The third-order valence-electron chi connectivity index (χ3n) is 5.36. The SMILES string of the molecule is O=C(O)c1[nH]c2cc(Cl)ccc2c1-c1c(-c2ccccc2)ncn1Cc1ccc(Br)cc1. The Morgan fingerprint density at radius 1 is 1.06 bits per heavy atom. The van der Waals surface area contributed by atoms with Crippen LogP contribution in [0.2, 0.25) is 5.02 Å². The fraction of sp³-hybridized carbons (Fsp3) is 0.0400. The summed E-state index contributed by atoms with van der Waals surface area (Å²) in [6, 6.07) is 23.2. The molecule has 0 aliphatic carbocycles. The molecule has 0 aliphatic rings. The number of benzene rings is 3. The van der Waals surface area contributed by atoms with Crippen molar-refractivity contribution in [2.75, 3.05) is 0 Å². The quantitative estimate of drug-likeness (QED) is 0.273. The highest BCUT2D eigenvalue weighted by Crippen LogP contribution is 2.39. The van der Waals surface area contributed by atoms with Crippen LogP contribution in [0.5, 0.6) is 0 Å². The first-order valence-electron chi connectivity index (χ1n) is 9.91. The number of aromatic nitrogens is 3. The van der Waals surface area contributed by atoms with E-state index in [4.69, 9.17) is 16.6 Å². The van der Waals surface area contributed by atoms with E-state index >= 15 is 0 Å². The molecule has 5 rings (SSSR count). The molecule has 0 fully saturated rings. The van der Waals surface area contributed by atoms with Gasteiger partial charge in [0.1, 0.15) is 5.69 Å². The number of aromatic carboxylic acids is 1. The maximum absolute atomic E-state index is 12.2. The summed E-state index contributed by atoms with van der Waals surface area (Å²) in [5.74, 6) is -1.04. The van der Waals surface area contributed by atoms with Gasteiger partial charge in [-0.15, -0.1) is 0 Å². The molecule has 3 aromatic carbocycles. The van der Waals surface area contributed by atoms with Crippen LogP contribution in [0.4, 0.5) is 0 Å². The van der Waals surface area contributed by atoms with Gasteiger partial charge in [0.2, 0.25) is 0 Å². The highest BCUT2D eigenvalue weighted by atomic mass is 79.9. The lowest BCUT2D eigenvalue weighted by Gasteiger charge is -2.12. The summed E-state index contributed by atoms with van der Waals surface area (Å²) in [6.45, 7) is 0.543. The summed E-state index contributed by atoms with van der Waals surface area (Å²) in [6.07, 6.45) is 1.76. The number of nitrogens with one attached hydrogen (secondary N) is 1. The fourth-order valence-corrected chi connectivity index (χ4v) is 4.37. The van der Waals surface area contributed by atoms with E-state index in [9.17, 15) is 9.90 Å². The number of fused-ring (bicyclic) bond motifs is 1. The van der Waals surface area contributed by atoms with Crippen LogP contribution in [0.15, 0.2) is 83.6 Å². The smallest absolute Gasteiger partial charge is 0.353 e. The average Bonchev–Trinajstić information content (AvgIpc) is 3.36. The molecule has 2 heterocycles. The highest BCUT2D eigenvalue weighted by molar-refractivity contribution is 9.10. The summed E-state index contributed by atoms with van der Waals surface area (Å²) in [7, 11) is 0. The van der Waals surface area contributed by atoms with Gasteiger partial charge in [-0.2, -0.15) is 0 Å². The number of carboxylic acid groups (broad SMARTS) is 1. The zero-order chi connectivity index (χ0) is 22.2. The van der Waals surface area contributed by atoms with Gasteiger partial charge >= 0.3 is 5.97 Å². The Balaban J connectivity index is 1.79. The Morgan fingerprint density at radius 2 is 1.81 bits per heavy atom. The Hall–Kier alpha value is -3.35. The predicted molar refractivity (Wildman–Crippen MR) is 130 cm³/mol. The van der Waals surface area contributed by atoms with Crippen LogP contribution in [-0.4, -0.2) is 25.6 Å². The van der Waals surface area contributed by atoms with E-state index in [1.54, 1.807) is 18.5 Å². The molecule has 5 aromatic rings. The molecular weight excluding hydrogens is 490 g/mol.